The molecule has 0 atom stereocenters. The van der Waals surface area contributed by atoms with E-state index in [1.54, 1.807) is 12.3 Å². The minimum Gasteiger partial charge on any atom is -0.481 e. The first kappa shape index (κ1) is 13.5. The van der Waals surface area contributed by atoms with Crippen LogP contribution in [-0.4, -0.2) is 25.2 Å². The Bertz CT molecular complexity index is 386. The van der Waals surface area contributed by atoms with Crippen LogP contribution in [0.1, 0.15) is 48.5 Å². The summed E-state index contributed by atoms with van der Waals surface area (Å²) in [5.41, 5.74) is 1.48. The maximum Gasteiger partial charge on any atom is 0.338 e. The molecule has 1 aromatic heterocycles. The Hall–Kier alpha value is -1.58. The van der Waals surface area contributed by atoms with Crippen LogP contribution in [0.25, 0.3) is 0 Å². The van der Waals surface area contributed by atoms with Gasteiger partial charge in [-0.25, -0.2) is 9.78 Å². The Morgan fingerprint density at radius 2 is 2.00 bits per heavy atom. The lowest BCUT2D eigenvalue weighted by molar-refractivity contribution is 0.0598. The number of hydrogen-bond acceptors (Lipinski definition) is 4. The average Bonchev–Trinajstić information content (AvgIpc) is 2.39. The van der Waals surface area contributed by atoms with Crippen molar-refractivity contribution in [1.29, 1.82) is 0 Å². The lowest BCUT2D eigenvalue weighted by Gasteiger charge is -2.16. The van der Waals surface area contributed by atoms with Gasteiger partial charge in [-0.2, -0.15) is 0 Å². The highest BCUT2D eigenvalue weighted by Gasteiger charge is 2.19. The second-order valence-corrected chi connectivity index (χ2v) is 3.82. The third-order valence-corrected chi connectivity index (χ3v) is 2.95. The van der Waals surface area contributed by atoms with Gasteiger partial charge >= 0.3 is 5.97 Å². The van der Waals surface area contributed by atoms with Crippen LogP contribution in [0.2, 0.25) is 0 Å². The second-order valence-electron chi connectivity index (χ2n) is 3.82. The maximum absolute atomic E-state index is 11.7. The van der Waals surface area contributed by atoms with Crippen LogP contribution in [0, 0.1) is 0 Å². The van der Waals surface area contributed by atoms with Gasteiger partial charge in [0, 0.05) is 12.3 Å². The van der Waals surface area contributed by atoms with Crippen molar-refractivity contribution in [2.45, 2.75) is 32.6 Å². The molecule has 1 heterocycles. The molecule has 1 rings (SSSR count). The van der Waals surface area contributed by atoms with Gasteiger partial charge < -0.3 is 9.47 Å². The Morgan fingerprint density at radius 3 is 2.47 bits per heavy atom. The average molecular weight is 237 g/mol. The van der Waals surface area contributed by atoms with Crippen LogP contribution in [0.3, 0.4) is 0 Å². The first-order valence-corrected chi connectivity index (χ1v) is 5.80. The normalized spacial score (nSPS) is 10.4. The van der Waals surface area contributed by atoms with Crippen LogP contribution in [-0.2, 0) is 4.74 Å². The number of aromatic nitrogens is 1. The van der Waals surface area contributed by atoms with Gasteiger partial charge in [-0.3, -0.25) is 0 Å². The fraction of sp³-hybridized carbons (Fsp3) is 0.538. The molecule has 0 bridgehead atoms. The lowest BCUT2D eigenvalue weighted by Crippen LogP contribution is -2.10. The molecule has 4 nitrogen and oxygen atoms in total. The van der Waals surface area contributed by atoms with Crippen LogP contribution < -0.4 is 4.74 Å². The number of hydrogen-bond donors (Lipinski definition) is 0. The van der Waals surface area contributed by atoms with Crippen molar-refractivity contribution in [1.82, 2.24) is 4.98 Å². The van der Waals surface area contributed by atoms with E-state index in [2.05, 4.69) is 18.8 Å². The third-order valence-electron chi connectivity index (χ3n) is 2.95. The SMILES string of the molecule is CCC(CC)c1cnc(OC)cc1C(=O)OC. The van der Waals surface area contributed by atoms with Crippen LogP contribution in [0.15, 0.2) is 12.3 Å². The zero-order chi connectivity index (χ0) is 12.8. The van der Waals surface area contributed by atoms with E-state index in [0.717, 1.165) is 18.4 Å². The zero-order valence-electron chi connectivity index (χ0n) is 10.8. The van der Waals surface area contributed by atoms with Gasteiger partial charge in [0.05, 0.1) is 19.8 Å². The predicted molar refractivity (Wildman–Crippen MR) is 65.5 cm³/mol. The quantitative estimate of drug-likeness (QED) is 0.739. The van der Waals surface area contributed by atoms with Gasteiger partial charge in [-0.15, -0.1) is 0 Å². The zero-order valence-corrected chi connectivity index (χ0v) is 10.8. The summed E-state index contributed by atoms with van der Waals surface area (Å²) in [6.07, 6.45) is 3.64. The molecule has 94 valence electrons. The highest BCUT2D eigenvalue weighted by molar-refractivity contribution is 5.91. The van der Waals surface area contributed by atoms with Crippen molar-refractivity contribution in [2.75, 3.05) is 14.2 Å². The molecule has 0 aromatic carbocycles. The van der Waals surface area contributed by atoms with E-state index in [4.69, 9.17) is 9.47 Å². The van der Waals surface area contributed by atoms with E-state index in [0.29, 0.717) is 17.4 Å². The van der Waals surface area contributed by atoms with Crippen LogP contribution in [0.4, 0.5) is 0 Å². The Kier molecular flexibility index (Phi) is 4.94. The molecule has 0 amide bonds. The molecule has 0 aliphatic carbocycles. The summed E-state index contributed by atoms with van der Waals surface area (Å²) in [6.45, 7) is 4.19. The van der Waals surface area contributed by atoms with Crippen molar-refractivity contribution in [2.24, 2.45) is 0 Å². The summed E-state index contributed by atoms with van der Waals surface area (Å²) in [5, 5.41) is 0. The smallest absolute Gasteiger partial charge is 0.338 e. The van der Waals surface area contributed by atoms with Gasteiger partial charge in [0.25, 0.3) is 0 Å². The number of carbonyl (C=O) groups is 1. The molecule has 17 heavy (non-hydrogen) atoms. The Morgan fingerprint density at radius 1 is 1.35 bits per heavy atom. The molecule has 4 heteroatoms. The predicted octanol–water partition coefficient (Wildman–Crippen LogP) is 2.78. The maximum atomic E-state index is 11.7. The van der Waals surface area contributed by atoms with Gasteiger partial charge in [0.15, 0.2) is 0 Å². The Labute approximate surface area is 102 Å². The molecule has 0 N–H and O–H groups in total. The van der Waals surface area contributed by atoms with Gasteiger partial charge in [0.2, 0.25) is 5.88 Å². The molecule has 0 aliphatic heterocycles. The molecular weight excluding hydrogens is 218 g/mol. The van der Waals surface area contributed by atoms with Crippen molar-refractivity contribution >= 4 is 5.97 Å². The second kappa shape index (κ2) is 6.23. The van der Waals surface area contributed by atoms with E-state index < -0.39 is 0 Å². The number of methoxy groups -OCH3 is 2. The van der Waals surface area contributed by atoms with E-state index >= 15 is 0 Å². The van der Waals surface area contributed by atoms with Crippen molar-refractivity contribution < 1.29 is 14.3 Å². The molecule has 1 aromatic rings. The topological polar surface area (TPSA) is 48.4 Å². The number of carbonyl (C=O) groups excluding carboxylic acids is 1. The summed E-state index contributed by atoms with van der Waals surface area (Å²) in [7, 11) is 2.91. The van der Waals surface area contributed by atoms with Crippen molar-refractivity contribution in [3.63, 3.8) is 0 Å². The molecule has 0 spiro atoms. The van der Waals surface area contributed by atoms with E-state index in [1.165, 1.54) is 14.2 Å². The minimum atomic E-state index is -0.340. The first-order valence-electron chi connectivity index (χ1n) is 5.80. The highest BCUT2D eigenvalue weighted by atomic mass is 16.5. The van der Waals surface area contributed by atoms with E-state index in [1.807, 2.05) is 0 Å². The third kappa shape index (κ3) is 2.96. The van der Waals surface area contributed by atoms with E-state index in [9.17, 15) is 4.79 Å². The van der Waals surface area contributed by atoms with Gasteiger partial charge in [0.1, 0.15) is 0 Å². The monoisotopic (exact) mass is 237 g/mol. The first-order chi connectivity index (χ1) is 8.17. The van der Waals surface area contributed by atoms with Crippen LogP contribution in [0.5, 0.6) is 5.88 Å². The number of rotatable bonds is 5. The molecular formula is C13H19NO3. The number of esters is 1. The molecule has 0 saturated carbocycles. The van der Waals surface area contributed by atoms with Gasteiger partial charge in [-0.1, -0.05) is 13.8 Å². The molecule has 0 fully saturated rings. The summed E-state index contributed by atoms with van der Waals surface area (Å²) in [4.78, 5) is 15.9. The summed E-state index contributed by atoms with van der Waals surface area (Å²) in [6, 6.07) is 1.64. The summed E-state index contributed by atoms with van der Waals surface area (Å²) in [5.74, 6) is 0.412. The molecule has 0 aliphatic rings. The number of pyridine rings is 1. The Balaban J connectivity index is 3.23. The molecule has 0 unspecified atom stereocenters. The molecule has 0 saturated heterocycles. The molecule has 0 radical (unpaired) electrons. The summed E-state index contributed by atoms with van der Waals surface area (Å²) < 4.78 is 9.83. The largest absolute Gasteiger partial charge is 0.481 e. The standard InChI is InChI=1S/C13H19NO3/c1-5-9(6-2)11-8-14-12(16-3)7-10(11)13(15)17-4/h7-9H,5-6H2,1-4H3. The van der Waals surface area contributed by atoms with Crippen LogP contribution >= 0.6 is 0 Å². The number of nitrogens with zero attached hydrogens (tertiary/aromatic N) is 1. The van der Waals surface area contributed by atoms with Crippen molar-refractivity contribution in [3.8, 4) is 5.88 Å². The highest BCUT2D eigenvalue weighted by Crippen LogP contribution is 2.28. The lowest BCUT2D eigenvalue weighted by atomic mass is 9.91. The fourth-order valence-corrected chi connectivity index (χ4v) is 1.90. The summed E-state index contributed by atoms with van der Waals surface area (Å²) >= 11 is 0. The minimum absolute atomic E-state index is 0.322. The van der Waals surface area contributed by atoms with Gasteiger partial charge in [-0.05, 0) is 24.3 Å². The van der Waals surface area contributed by atoms with E-state index in [-0.39, 0.29) is 5.97 Å². The fourth-order valence-electron chi connectivity index (χ4n) is 1.90. The van der Waals surface area contributed by atoms with Crippen molar-refractivity contribution in [3.05, 3.63) is 23.4 Å². The number of ether oxygens (including phenoxy) is 2.